The molecule has 27 heavy (non-hydrogen) atoms. The predicted molar refractivity (Wildman–Crippen MR) is 113 cm³/mol. The van der Waals surface area contributed by atoms with E-state index in [1.165, 1.54) is 38.5 Å². The Hall–Kier alpha value is -1.20. The number of hydrogen-bond donors (Lipinski definition) is 3. The third-order valence-corrected chi connectivity index (χ3v) is 8.20. The van der Waals surface area contributed by atoms with Crippen LogP contribution in [0.3, 0.4) is 0 Å². The van der Waals surface area contributed by atoms with Gasteiger partial charge < -0.3 is 16.0 Å². The van der Waals surface area contributed by atoms with Gasteiger partial charge in [-0.25, -0.2) is 0 Å². The standard InChI is InChI=1S/C22H31N3OS/c26-21(10-18-14-27-6-5-23-18)24-19-3-1-2-4-20(19)25-22-11-15-7-16(12-22)9-17(8-15)13-22/h1-4,15-18,23,25H,5-14H2,(H,24,26). The Labute approximate surface area is 166 Å². The Morgan fingerprint density at radius 1 is 1.07 bits per heavy atom. The monoisotopic (exact) mass is 385 g/mol. The van der Waals surface area contributed by atoms with E-state index in [1.54, 1.807) is 0 Å². The molecule has 1 unspecified atom stereocenters. The molecule has 4 aliphatic carbocycles. The Morgan fingerprint density at radius 2 is 1.74 bits per heavy atom. The van der Waals surface area contributed by atoms with Crippen LogP contribution in [0.2, 0.25) is 0 Å². The van der Waals surface area contributed by atoms with Gasteiger partial charge in [0.25, 0.3) is 0 Å². The minimum Gasteiger partial charge on any atom is -0.378 e. The second-order valence-corrected chi connectivity index (χ2v) is 10.5. The van der Waals surface area contributed by atoms with Crippen LogP contribution in [0.25, 0.3) is 0 Å². The normalized spacial score (nSPS) is 37.2. The van der Waals surface area contributed by atoms with Crippen LogP contribution in [0.15, 0.2) is 24.3 Å². The Kier molecular flexibility index (Phi) is 4.85. The first kappa shape index (κ1) is 17.9. The van der Waals surface area contributed by atoms with Crippen molar-refractivity contribution in [1.29, 1.82) is 0 Å². The fourth-order valence-corrected chi connectivity index (χ4v) is 7.38. The van der Waals surface area contributed by atoms with E-state index in [4.69, 9.17) is 0 Å². The zero-order valence-corrected chi connectivity index (χ0v) is 16.8. The molecule has 1 aromatic rings. The van der Waals surface area contributed by atoms with Crippen molar-refractivity contribution >= 4 is 29.0 Å². The van der Waals surface area contributed by atoms with Crippen LogP contribution < -0.4 is 16.0 Å². The highest BCUT2D eigenvalue weighted by Gasteiger charge is 2.51. The first-order valence-corrected chi connectivity index (χ1v) is 11.8. The van der Waals surface area contributed by atoms with E-state index >= 15 is 0 Å². The third-order valence-electron chi connectivity index (χ3n) is 7.07. The molecule has 5 aliphatic rings. The summed E-state index contributed by atoms with van der Waals surface area (Å²) in [6, 6.07) is 8.59. The van der Waals surface area contributed by atoms with Crippen molar-refractivity contribution in [3.05, 3.63) is 24.3 Å². The first-order valence-electron chi connectivity index (χ1n) is 10.7. The molecule has 0 aromatic heterocycles. The number of hydrogen-bond acceptors (Lipinski definition) is 4. The SMILES string of the molecule is O=C(CC1CSCCN1)Nc1ccccc1NC12CC3CC(CC(C3)C1)C2. The molecule has 1 heterocycles. The lowest BCUT2D eigenvalue weighted by Gasteiger charge is -2.57. The first-order chi connectivity index (χ1) is 13.2. The number of rotatable bonds is 5. The number of thioether (sulfide) groups is 1. The summed E-state index contributed by atoms with van der Waals surface area (Å²) >= 11 is 1.94. The van der Waals surface area contributed by atoms with E-state index in [9.17, 15) is 4.79 Å². The molecule has 4 saturated carbocycles. The van der Waals surface area contributed by atoms with Gasteiger partial charge in [-0.1, -0.05) is 12.1 Å². The minimum atomic E-state index is 0.120. The molecular weight excluding hydrogens is 354 g/mol. The second kappa shape index (κ2) is 7.32. The molecule has 1 atom stereocenters. The van der Waals surface area contributed by atoms with Crippen molar-refractivity contribution < 1.29 is 4.79 Å². The van der Waals surface area contributed by atoms with Gasteiger partial charge in [-0.05, 0) is 68.4 Å². The van der Waals surface area contributed by atoms with Crippen LogP contribution in [-0.4, -0.2) is 35.5 Å². The lowest BCUT2D eigenvalue weighted by molar-refractivity contribution is -0.116. The molecule has 1 aliphatic heterocycles. The third kappa shape index (κ3) is 3.86. The van der Waals surface area contributed by atoms with E-state index in [-0.39, 0.29) is 11.4 Å². The highest BCUT2D eigenvalue weighted by atomic mass is 32.2. The summed E-state index contributed by atoms with van der Waals surface area (Å²) in [5.41, 5.74) is 2.32. The summed E-state index contributed by atoms with van der Waals surface area (Å²) in [5, 5.41) is 10.6. The van der Waals surface area contributed by atoms with Crippen molar-refractivity contribution in [2.45, 2.75) is 56.5 Å². The van der Waals surface area contributed by atoms with Crippen molar-refractivity contribution in [3.8, 4) is 0 Å². The maximum atomic E-state index is 12.6. The lowest BCUT2D eigenvalue weighted by Crippen LogP contribution is -2.54. The molecule has 3 N–H and O–H groups in total. The number of para-hydroxylation sites is 2. The molecule has 5 heteroatoms. The molecule has 4 nitrogen and oxygen atoms in total. The summed E-state index contributed by atoms with van der Waals surface area (Å²) in [6.07, 6.45) is 8.83. The molecule has 5 fully saturated rings. The molecule has 0 radical (unpaired) electrons. The maximum Gasteiger partial charge on any atom is 0.226 e. The molecule has 6 rings (SSSR count). The van der Waals surface area contributed by atoms with Gasteiger partial charge in [0.1, 0.15) is 0 Å². The highest BCUT2D eigenvalue weighted by molar-refractivity contribution is 7.99. The van der Waals surface area contributed by atoms with Crippen LogP contribution in [-0.2, 0) is 4.79 Å². The number of amides is 1. The summed E-state index contributed by atoms with van der Waals surface area (Å²) in [5.74, 6) is 5.05. The molecule has 0 spiro atoms. The molecule has 1 amide bonds. The Balaban J connectivity index is 1.27. The van der Waals surface area contributed by atoms with Crippen LogP contribution in [0.1, 0.15) is 44.9 Å². The van der Waals surface area contributed by atoms with Gasteiger partial charge in [0.15, 0.2) is 0 Å². The van der Waals surface area contributed by atoms with Crippen molar-refractivity contribution in [2.24, 2.45) is 17.8 Å². The smallest absolute Gasteiger partial charge is 0.226 e. The molecule has 4 bridgehead atoms. The number of benzene rings is 1. The van der Waals surface area contributed by atoms with E-state index in [0.717, 1.165) is 47.2 Å². The Bertz CT molecular complexity index is 665. The Morgan fingerprint density at radius 3 is 2.37 bits per heavy atom. The van der Waals surface area contributed by atoms with Crippen LogP contribution in [0.4, 0.5) is 11.4 Å². The average Bonchev–Trinajstić information content (AvgIpc) is 2.63. The van der Waals surface area contributed by atoms with E-state index in [0.29, 0.717) is 12.5 Å². The molecule has 1 aromatic carbocycles. The number of nitrogens with one attached hydrogen (secondary N) is 3. The van der Waals surface area contributed by atoms with Gasteiger partial charge in [0, 0.05) is 36.1 Å². The van der Waals surface area contributed by atoms with Gasteiger partial charge in [0.05, 0.1) is 11.4 Å². The topological polar surface area (TPSA) is 53.2 Å². The second-order valence-electron chi connectivity index (χ2n) is 9.35. The lowest BCUT2D eigenvalue weighted by atomic mass is 9.53. The fourth-order valence-electron chi connectivity index (χ4n) is 6.43. The van der Waals surface area contributed by atoms with Crippen molar-refractivity contribution in [3.63, 3.8) is 0 Å². The molecule has 1 saturated heterocycles. The summed E-state index contributed by atoms with van der Waals surface area (Å²) < 4.78 is 0. The fraction of sp³-hybridized carbons (Fsp3) is 0.682. The largest absolute Gasteiger partial charge is 0.378 e. The quantitative estimate of drug-likeness (QED) is 0.714. The minimum absolute atomic E-state index is 0.120. The molecular formula is C22H31N3OS. The zero-order chi connectivity index (χ0) is 18.3. The highest BCUT2D eigenvalue weighted by Crippen LogP contribution is 2.56. The van der Waals surface area contributed by atoms with E-state index in [1.807, 2.05) is 23.9 Å². The predicted octanol–water partition coefficient (Wildman–Crippen LogP) is 4.10. The summed E-state index contributed by atoms with van der Waals surface area (Å²) in [4.78, 5) is 12.6. The van der Waals surface area contributed by atoms with Gasteiger partial charge >= 0.3 is 0 Å². The van der Waals surface area contributed by atoms with Crippen molar-refractivity contribution in [2.75, 3.05) is 28.7 Å². The summed E-state index contributed by atoms with van der Waals surface area (Å²) in [6.45, 7) is 1.01. The van der Waals surface area contributed by atoms with Crippen molar-refractivity contribution in [1.82, 2.24) is 5.32 Å². The van der Waals surface area contributed by atoms with E-state index in [2.05, 4.69) is 28.1 Å². The maximum absolute atomic E-state index is 12.6. The van der Waals surface area contributed by atoms with E-state index < -0.39 is 0 Å². The van der Waals surface area contributed by atoms with Crippen LogP contribution >= 0.6 is 11.8 Å². The molecule has 146 valence electrons. The van der Waals surface area contributed by atoms with Gasteiger partial charge in [0.2, 0.25) is 5.91 Å². The number of anilines is 2. The number of carbonyl (C=O) groups excluding carboxylic acids is 1. The van der Waals surface area contributed by atoms with Gasteiger partial charge in [-0.2, -0.15) is 11.8 Å². The average molecular weight is 386 g/mol. The van der Waals surface area contributed by atoms with Crippen LogP contribution in [0, 0.1) is 17.8 Å². The van der Waals surface area contributed by atoms with Gasteiger partial charge in [-0.15, -0.1) is 0 Å². The number of carbonyl (C=O) groups is 1. The van der Waals surface area contributed by atoms with Crippen LogP contribution in [0.5, 0.6) is 0 Å². The summed E-state index contributed by atoms with van der Waals surface area (Å²) in [7, 11) is 0. The zero-order valence-electron chi connectivity index (χ0n) is 16.0. The van der Waals surface area contributed by atoms with Gasteiger partial charge in [-0.3, -0.25) is 4.79 Å².